The molecule has 0 fully saturated rings. The van der Waals surface area contributed by atoms with Crippen LogP contribution in [0.5, 0.6) is 0 Å². The number of nitrogens with two attached hydrogens (primary N) is 1. The number of carbonyl (C=O) groups excluding carboxylic acids is 1. The van der Waals surface area contributed by atoms with Crippen molar-refractivity contribution in [2.45, 2.75) is 18.7 Å². The standard InChI is InChI=1S/C13H18N2O5S/c1-8-4-5-10(6-11(8)12(14)16)21(19,20)15(3)7-9(2)13(17)18/h4-6,9H,7H2,1-3H3,(H2,14,16)(H,17,18). The first kappa shape index (κ1) is 17.1. The van der Waals surface area contributed by atoms with Crippen LogP contribution in [0.25, 0.3) is 0 Å². The van der Waals surface area contributed by atoms with E-state index in [0.717, 1.165) is 4.31 Å². The van der Waals surface area contributed by atoms with Crippen LogP contribution in [0, 0.1) is 12.8 Å². The maximum absolute atomic E-state index is 12.4. The van der Waals surface area contributed by atoms with E-state index < -0.39 is 27.8 Å². The zero-order valence-corrected chi connectivity index (χ0v) is 12.8. The van der Waals surface area contributed by atoms with Gasteiger partial charge in [-0.3, -0.25) is 9.59 Å². The zero-order chi connectivity index (χ0) is 16.4. The van der Waals surface area contributed by atoms with E-state index in [0.29, 0.717) is 5.56 Å². The Hall–Kier alpha value is -1.93. The normalized spacial score (nSPS) is 13.1. The third-order valence-corrected chi connectivity index (χ3v) is 4.95. The lowest BCUT2D eigenvalue weighted by Crippen LogP contribution is -2.33. The molecule has 0 bridgehead atoms. The average molecular weight is 314 g/mol. The van der Waals surface area contributed by atoms with Crippen LogP contribution in [0.4, 0.5) is 0 Å². The Morgan fingerprint density at radius 3 is 2.43 bits per heavy atom. The van der Waals surface area contributed by atoms with Gasteiger partial charge in [-0.1, -0.05) is 13.0 Å². The number of aryl methyl sites for hydroxylation is 1. The van der Waals surface area contributed by atoms with Crippen molar-refractivity contribution in [2.75, 3.05) is 13.6 Å². The molecule has 0 spiro atoms. The molecule has 0 aromatic heterocycles. The number of primary amides is 1. The number of rotatable bonds is 6. The van der Waals surface area contributed by atoms with Gasteiger partial charge in [-0.15, -0.1) is 0 Å². The number of nitrogens with zero attached hydrogens (tertiary/aromatic N) is 1. The molecule has 0 aliphatic carbocycles. The predicted octanol–water partition coefficient (Wildman–Crippen LogP) is 0.435. The fourth-order valence-electron chi connectivity index (χ4n) is 1.77. The molecule has 116 valence electrons. The van der Waals surface area contributed by atoms with E-state index in [1.54, 1.807) is 6.92 Å². The van der Waals surface area contributed by atoms with Crippen molar-refractivity contribution >= 4 is 21.9 Å². The molecule has 21 heavy (non-hydrogen) atoms. The second-order valence-corrected chi connectivity index (χ2v) is 6.91. The van der Waals surface area contributed by atoms with Crippen molar-refractivity contribution in [3.63, 3.8) is 0 Å². The molecule has 0 aliphatic heterocycles. The third-order valence-electron chi connectivity index (χ3n) is 3.14. The van der Waals surface area contributed by atoms with E-state index >= 15 is 0 Å². The maximum Gasteiger partial charge on any atom is 0.307 e. The first-order chi connectivity index (χ1) is 9.57. The quantitative estimate of drug-likeness (QED) is 0.789. The Morgan fingerprint density at radius 1 is 1.38 bits per heavy atom. The van der Waals surface area contributed by atoms with Crippen LogP contribution in [-0.2, 0) is 14.8 Å². The number of amides is 1. The topological polar surface area (TPSA) is 118 Å². The van der Waals surface area contributed by atoms with E-state index in [-0.39, 0.29) is 17.0 Å². The number of carbonyl (C=O) groups is 2. The summed E-state index contributed by atoms with van der Waals surface area (Å²) in [4.78, 5) is 22.0. The minimum Gasteiger partial charge on any atom is -0.481 e. The van der Waals surface area contributed by atoms with Crippen LogP contribution in [-0.4, -0.2) is 43.3 Å². The zero-order valence-electron chi connectivity index (χ0n) is 12.0. The third kappa shape index (κ3) is 3.79. The Balaban J connectivity index is 3.16. The fourth-order valence-corrected chi connectivity index (χ4v) is 3.06. The SMILES string of the molecule is Cc1ccc(S(=O)(=O)N(C)CC(C)C(=O)O)cc1C(N)=O. The Labute approximate surface area is 123 Å². The van der Waals surface area contributed by atoms with E-state index in [1.165, 1.54) is 32.2 Å². The first-order valence-electron chi connectivity index (χ1n) is 6.17. The molecular weight excluding hydrogens is 296 g/mol. The summed E-state index contributed by atoms with van der Waals surface area (Å²) in [7, 11) is -2.59. The number of hydrogen-bond donors (Lipinski definition) is 2. The van der Waals surface area contributed by atoms with Gasteiger partial charge in [0.05, 0.1) is 10.8 Å². The second kappa shape index (κ2) is 6.23. The van der Waals surface area contributed by atoms with E-state index in [9.17, 15) is 18.0 Å². The molecule has 0 heterocycles. The molecule has 7 nitrogen and oxygen atoms in total. The summed E-state index contributed by atoms with van der Waals surface area (Å²) in [5.74, 6) is -2.64. The summed E-state index contributed by atoms with van der Waals surface area (Å²) in [5.41, 5.74) is 5.89. The predicted molar refractivity (Wildman–Crippen MR) is 76.3 cm³/mol. The van der Waals surface area contributed by atoms with Gasteiger partial charge in [-0.05, 0) is 24.6 Å². The number of benzene rings is 1. The maximum atomic E-state index is 12.4. The molecule has 1 amide bonds. The van der Waals surface area contributed by atoms with Gasteiger partial charge in [-0.25, -0.2) is 12.7 Å². The summed E-state index contributed by atoms with van der Waals surface area (Å²) in [5, 5.41) is 8.84. The highest BCUT2D eigenvalue weighted by Gasteiger charge is 2.25. The lowest BCUT2D eigenvalue weighted by Gasteiger charge is -2.19. The Kier molecular flexibility index (Phi) is 5.08. The number of carboxylic acids is 1. The van der Waals surface area contributed by atoms with Crippen molar-refractivity contribution in [3.05, 3.63) is 29.3 Å². The van der Waals surface area contributed by atoms with Gasteiger partial charge in [0, 0.05) is 19.2 Å². The molecule has 1 rings (SSSR count). The van der Waals surface area contributed by atoms with Gasteiger partial charge < -0.3 is 10.8 Å². The molecule has 0 saturated carbocycles. The fraction of sp³-hybridized carbons (Fsp3) is 0.385. The Morgan fingerprint density at radius 2 is 1.95 bits per heavy atom. The molecule has 1 unspecified atom stereocenters. The van der Waals surface area contributed by atoms with Crippen molar-refractivity contribution < 1.29 is 23.1 Å². The van der Waals surface area contributed by atoms with E-state index in [4.69, 9.17) is 10.8 Å². The number of hydrogen-bond acceptors (Lipinski definition) is 4. The van der Waals surface area contributed by atoms with Crippen LogP contribution in [0.3, 0.4) is 0 Å². The molecule has 0 radical (unpaired) electrons. The molecule has 3 N–H and O–H groups in total. The van der Waals surface area contributed by atoms with Gasteiger partial charge in [-0.2, -0.15) is 0 Å². The first-order valence-corrected chi connectivity index (χ1v) is 7.61. The summed E-state index contributed by atoms with van der Waals surface area (Å²) >= 11 is 0. The van der Waals surface area contributed by atoms with Gasteiger partial charge in [0.15, 0.2) is 0 Å². The summed E-state index contributed by atoms with van der Waals surface area (Å²) in [6.45, 7) is 2.89. The van der Waals surface area contributed by atoms with E-state index in [2.05, 4.69) is 0 Å². The molecule has 1 aromatic carbocycles. The summed E-state index contributed by atoms with van der Waals surface area (Å²) < 4.78 is 25.7. The monoisotopic (exact) mass is 314 g/mol. The van der Waals surface area contributed by atoms with Crippen LogP contribution < -0.4 is 5.73 Å². The largest absolute Gasteiger partial charge is 0.481 e. The highest BCUT2D eigenvalue weighted by molar-refractivity contribution is 7.89. The highest BCUT2D eigenvalue weighted by Crippen LogP contribution is 2.19. The lowest BCUT2D eigenvalue weighted by atomic mass is 10.1. The molecule has 1 aromatic rings. The Bertz CT molecular complexity index is 669. The minimum atomic E-state index is -3.88. The lowest BCUT2D eigenvalue weighted by molar-refractivity contribution is -0.141. The molecule has 8 heteroatoms. The molecular formula is C13H18N2O5S. The van der Waals surface area contributed by atoms with Gasteiger partial charge in [0.25, 0.3) is 0 Å². The van der Waals surface area contributed by atoms with Crippen molar-refractivity contribution in [2.24, 2.45) is 11.7 Å². The summed E-state index contributed by atoms with van der Waals surface area (Å²) in [6.07, 6.45) is 0. The molecule has 1 atom stereocenters. The summed E-state index contributed by atoms with van der Waals surface area (Å²) in [6, 6.07) is 4.05. The minimum absolute atomic E-state index is 0.0954. The van der Waals surface area contributed by atoms with Crippen LogP contribution in [0.2, 0.25) is 0 Å². The molecule has 0 aliphatic rings. The average Bonchev–Trinajstić information content (AvgIpc) is 2.38. The van der Waals surface area contributed by atoms with E-state index in [1.807, 2.05) is 0 Å². The number of aliphatic carboxylic acids is 1. The second-order valence-electron chi connectivity index (χ2n) is 4.87. The van der Waals surface area contributed by atoms with Gasteiger partial charge in [0.2, 0.25) is 15.9 Å². The smallest absolute Gasteiger partial charge is 0.307 e. The van der Waals surface area contributed by atoms with Crippen LogP contribution >= 0.6 is 0 Å². The van der Waals surface area contributed by atoms with Crippen molar-refractivity contribution in [1.82, 2.24) is 4.31 Å². The van der Waals surface area contributed by atoms with Gasteiger partial charge >= 0.3 is 5.97 Å². The van der Waals surface area contributed by atoms with Crippen LogP contribution in [0.15, 0.2) is 23.1 Å². The number of sulfonamides is 1. The van der Waals surface area contributed by atoms with Gasteiger partial charge in [0.1, 0.15) is 0 Å². The van der Waals surface area contributed by atoms with Crippen molar-refractivity contribution in [1.29, 1.82) is 0 Å². The highest BCUT2D eigenvalue weighted by atomic mass is 32.2. The molecule has 0 saturated heterocycles. The number of carboxylic acid groups (broad SMARTS) is 1. The van der Waals surface area contributed by atoms with Crippen molar-refractivity contribution in [3.8, 4) is 0 Å². The van der Waals surface area contributed by atoms with Crippen LogP contribution in [0.1, 0.15) is 22.8 Å².